The van der Waals surface area contributed by atoms with Crippen LogP contribution in [0.15, 0.2) is 59.7 Å². The molecule has 1 aliphatic carbocycles. The van der Waals surface area contributed by atoms with Gasteiger partial charge in [-0.05, 0) is 43.2 Å². The number of aliphatic hydroxyl groups excluding tert-OH is 1. The van der Waals surface area contributed by atoms with Gasteiger partial charge in [0.25, 0.3) is 5.91 Å². The minimum atomic E-state index is -0.716. The van der Waals surface area contributed by atoms with Crippen LogP contribution in [-0.4, -0.2) is 54.1 Å². The van der Waals surface area contributed by atoms with E-state index in [1.807, 2.05) is 18.2 Å². The first-order valence-electron chi connectivity index (χ1n) is 9.51. The van der Waals surface area contributed by atoms with Crippen molar-refractivity contribution in [1.29, 1.82) is 5.41 Å². The van der Waals surface area contributed by atoms with Gasteiger partial charge in [-0.25, -0.2) is 0 Å². The Kier molecular flexibility index (Phi) is 6.79. The van der Waals surface area contributed by atoms with Crippen molar-refractivity contribution in [2.24, 2.45) is 0 Å². The van der Waals surface area contributed by atoms with E-state index >= 15 is 0 Å². The molecule has 8 heteroatoms. The van der Waals surface area contributed by atoms with Crippen molar-refractivity contribution in [3.8, 4) is 0 Å². The lowest BCUT2D eigenvalue weighted by molar-refractivity contribution is -0.121. The quantitative estimate of drug-likeness (QED) is 0.513. The number of likely N-dealkylation sites (N-methyl/N-ethyl adjacent to an activating group) is 1. The van der Waals surface area contributed by atoms with Crippen LogP contribution in [0.3, 0.4) is 0 Å². The van der Waals surface area contributed by atoms with E-state index in [0.717, 1.165) is 5.69 Å². The number of allylic oxidation sites excluding steroid dienone is 4. The number of amides is 1. The maximum absolute atomic E-state index is 13.0. The molecular weight excluding hydrogens is 372 g/mol. The molecule has 3 rings (SSSR count). The highest BCUT2D eigenvalue weighted by molar-refractivity contribution is 6.14. The maximum atomic E-state index is 13.0. The summed E-state index contributed by atoms with van der Waals surface area (Å²) in [4.78, 5) is 17.2. The van der Waals surface area contributed by atoms with Gasteiger partial charge in [-0.1, -0.05) is 6.07 Å². The Hall–Kier alpha value is -2.97. The largest absolute Gasteiger partial charge is 0.487 e. The van der Waals surface area contributed by atoms with Crippen LogP contribution in [0.25, 0.3) is 0 Å². The van der Waals surface area contributed by atoms with Crippen molar-refractivity contribution in [2.75, 3.05) is 26.9 Å². The molecule has 1 aromatic heterocycles. The number of hydrogen-bond acceptors (Lipinski definition) is 7. The van der Waals surface area contributed by atoms with E-state index in [4.69, 9.17) is 14.9 Å². The second-order valence-corrected chi connectivity index (χ2v) is 6.95. The van der Waals surface area contributed by atoms with Gasteiger partial charge in [0.15, 0.2) is 0 Å². The Balaban J connectivity index is 1.78. The van der Waals surface area contributed by atoms with E-state index in [0.29, 0.717) is 37.4 Å². The molecule has 1 fully saturated rings. The van der Waals surface area contributed by atoms with E-state index in [9.17, 15) is 9.90 Å². The van der Waals surface area contributed by atoms with Crippen LogP contribution in [0.2, 0.25) is 0 Å². The van der Waals surface area contributed by atoms with E-state index in [-0.39, 0.29) is 30.5 Å². The number of hydrogen-bond donors (Lipinski definition) is 4. The lowest BCUT2D eigenvalue weighted by atomic mass is 9.90. The van der Waals surface area contributed by atoms with Crippen molar-refractivity contribution in [2.45, 2.75) is 25.0 Å². The number of aromatic nitrogens is 1. The monoisotopic (exact) mass is 398 g/mol. The fourth-order valence-electron chi connectivity index (χ4n) is 3.22. The van der Waals surface area contributed by atoms with Gasteiger partial charge in [0.1, 0.15) is 18.1 Å². The molecule has 1 amide bonds. The Morgan fingerprint density at radius 2 is 2.14 bits per heavy atom. The molecule has 0 saturated carbocycles. The summed E-state index contributed by atoms with van der Waals surface area (Å²) in [5.41, 5.74) is 0.928. The van der Waals surface area contributed by atoms with Crippen molar-refractivity contribution in [3.05, 3.63) is 65.3 Å². The molecule has 154 valence electrons. The molecule has 2 heterocycles. The number of aliphatic hydroxyl groups is 1. The molecule has 0 aromatic carbocycles. The highest BCUT2D eigenvalue weighted by Crippen LogP contribution is 2.22. The molecule has 4 N–H and O–H groups in total. The number of carbonyl (C=O) groups excluding carboxylic acids is 1. The highest BCUT2D eigenvalue weighted by Gasteiger charge is 2.34. The first kappa shape index (κ1) is 20.8. The molecule has 0 spiro atoms. The molecule has 0 bridgehead atoms. The second-order valence-electron chi connectivity index (χ2n) is 6.95. The number of ether oxygens (including phenoxy) is 2. The van der Waals surface area contributed by atoms with Crippen molar-refractivity contribution < 1.29 is 19.4 Å². The Labute approximate surface area is 169 Å². The summed E-state index contributed by atoms with van der Waals surface area (Å²) in [6, 6.07) is 5.58. The van der Waals surface area contributed by atoms with Crippen molar-refractivity contribution in [1.82, 2.24) is 15.6 Å². The van der Waals surface area contributed by atoms with Crippen molar-refractivity contribution >= 4 is 11.6 Å². The molecule has 0 atom stereocenters. The molecule has 1 saturated heterocycles. The minimum absolute atomic E-state index is 0.167. The van der Waals surface area contributed by atoms with Crippen LogP contribution in [0, 0.1) is 5.41 Å². The summed E-state index contributed by atoms with van der Waals surface area (Å²) in [7, 11) is 1.63. The molecule has 2 aliphatic rings. The zero-order chi connectivity index (χ0) is 20.7. The van der Waals surface area contributed by atoms with E-state index in [1.54, 1.807) is 31.5 Å². The second kappa shape index (κ2) is 9.49. The van der Waals surface area contributed by atoms with Crippen LogP contribution in [0.5, 0.6) is 0 Å². The Bertz CT molecular complexity index is 839. The van der Waals surface area contributed by atoms with Crippen LogP contribution in [0.1, 0.15) is 18.5 Å². The fraction of sp³-hybridized carbons (Fsp3) is 0.381. The third-order valence-corrected chi connectivity index (χ3v) is 4.98. The summed E-state index contributed by atoms with van der Waals surface area (Å²) >= 11 is 0. The average Bonchev–Trinajstić information content (AvgIpc) is 2.76. The third kappa shape index (κ3) is 5.10. The normalized spacial score (nSPS) is 19.9. The summed E-state index contributed by atoms with van der Waals surface area (Å²) in [5, 5.41) is 23.9. The van der Waals surface area contributed by atoms with E-state index < -0.39 is 5.54 Å². The lowest BCUT2D eigenvalue weighted by Crippen LogP contribution is -2.55. The van der Waals surface area contributed by atoms with Gasteiger partial charge in [0.05, 0.1) is 23.6 Å². The minimum Gasteiger partial charge on any atom is -0.487 e. The lowest BCUT2D eigenvalue weighted by Gasteiger charge is -2.36. The van der Waals surface area contributed by atoms with Gasteiger partial charge in [-0.3, -0.25) is 9.78 Å². The van der Waals surface area contributed by atoms with Crippen LogP contribution in [0.4, 0.5) is 0 Å². The maximum Gasteiger partial charge on any atom is 0.268 e. The topological polar surface area (TPSA) is 117 Å². The summed E-state index contributed by atoms with van der Waals surface area (Å²) in [6.45, 7) is 1.08. The van der Waals surface area contributed by atoms with Crippen molar-refractivity contribution in [3.63, 3.8) is 0 Å². The fourth-order valence-corrected chi connectivity index (χ4v) is 3.22. The summed E-state index contributed by atoms with van der Waals surface area (Å²) in [5.74, 6) is 0.156. The molecule has 8 nitrogen and oxygen atoms in total. The van der Waals surface area contributed by atoms with Crippen LogP contribution >= 0.6 is 0 Å². The average molecular weight is 398 g/mol. The number of carbonyl (C=O) groups is 1. The van der Waals surface area contributed by atoms with Gasteiger partial charge in [-0.2, -0.15) is 0 Å². The van der Waals surface area contributed by atoms with E-state index in [1.165, 1.54) is 0 Å². The molecule has 29 heavy (non-hydrogen) atoms. The Morgan fingerprint density at radius 3 is 2.79 bits per heavy atom. The standard InChI is InChI=1S/C21H26N4O4/c1-23-19(20(27)25-21(14-26)7-10-28-11-8-21)17-12-16(5-6-18(17)22)29-13-15-4-2-3-9-24-15/h2-6,9,12,22-23,26H,7-8,10-11,13-14H2,1H3,(H,25,27)/b19-17-,22-18?. The van der Waals surface area contributed by atoms with Gasteiger partial charge >= 0.3 is 0 Å². The number of rotatable bonds is 7. The Morgan fingerprint density at radius 1 is 1.34 bits per heavy atom. The molecule has 1 aliphatic heterocycles. The summed E-state index contributed by atoms with van der Waals surface area (Å²) in [6.07, 6.45) is 7.70. The number of pyridine rings is 1. The predicted octanol–water partition coefficient (Wildman–Crippen LogP) is 1.20. The van der Waals surface area contributed by atoms with Crippen LogP contribution in [-0.2, 0) is 20.9 Å². The van der Waals surface area contributed by atoms with E-state index in [2.05, 4.69) is 15.6 Å². The molecule has 0 unspecified atom stereocenters. The molecule has 1 aromatic rings. The van der Waals surface area contributed by atoms with Gasteiger partial charge < -0.3 is 30.6 Å². The smallest absolute Gasteiger partial charge is 0.268 e. The zero-order valence-electron chi connectivity index (χ0n) is 16.4. The first-order valence-corrected chi connectivity index (χ1v) is 9.51. The van der Waals surface area contributed by atoms with Gasteiger partial charge in [0.2, 0.25) is 0 Å². The molecule has 0 radical (unpaired) electrons. The highest BCUT2D eigenvalue weighted by atomic mass is 16.5. The summed E-state index contributed by atoms with van der Waals surface area (Å²) < 4.78 is 11.1. The molecular formula is C21H26N4O4. The number of nitrogens with one attached hydrogen (secondary N) is 3. The van der Waals surface area contributed by atoms with Gasteiger partial charge in [0, 0.05) is 32.0 Å². The van der Waals surface area contributed by atoms with Crippen LogP contribution < -0.4 is 10.6 Å². The zero-order valence-corrected chi connectivity index (χ0v) is 16.4. The SMILES string of the molecule is CN/C(C(=O)NC1(CO)CCOCC1)=C1/C=C(OCc2ccccn2)C=CC1=N. The predicted molar refractivity (Wildman–Crippen MR) is 108 cm³/mol. The third-order valence-electron chi connectivity index (χ3n) is 4.98. The first-order chi connectivity index (χ1) is 14.1. The van der Waals surface area contributed by atoms with Gasteiger partial charge in [-0.15, -0.1) is 0 Å². The number of nitrogens with zero attached hydrogens (tertiary/aromatic N) is 1.